The fourth-order valence-corrected chi connectivity index (χ4v) is 3.63. The van der Waals surface area contributed by atoms with E-state index in [1.54, 1.807) is 4.90 Å². The number of ketones is 1. The van der Waals surface area contributed by atoms with E-state index in [0.717, 1.165) is 32.1 Å². The molecule has 1 aliphatic heterocycles. The third-order valence-electron chi connectivity index (χ3n) is 4.79. The van der Waals surface area contributed by atoms with Crippen LogP contribution >= 0.6 is 0 Å². The van der Waals surface area contributed by atoms with Crippen molar-refractivity contribution in [3.8, 4) is 6.07 Å². The number of likely N-dealkylation sites (tertiary alicyclic amines) is 1. The first kappa shape index (κ1) is 11.7. The van der Waals surface area contributed by atoms with E-state index in [1.807, 2.05) is 6.07 Å². The van der Waals surface area contributed by atoms with Crippen molar-refractivity contribution >= 4 is 11.7 Å². The van der Waals surface area contributed by atoms with Gasteiger partial charge in [-0.3, -0.25) is 9.59 Å². The third kappa shape index (κ3) is 1.82. The summed E-state index contributed by atoms with van der Waals surface area (Å²) in [5, 5.41) is 9.17. The zero-order valence-electron chi connectivity index (χ0n) is 10.5. The molecule has 0 aromatic heterocycles. The van der Waals surface area contributed by atoms with Crippen LogP contribution in [0, 0.1) is 35.0 Å². The predicted molar refractivity (Wildman–Crippen MR) is 64.2 cm³/mol. The average Bonchev–Trinajstić information content (AvgIpc) is 2.84. The number of carbonyl (C=O) groups is 2. The van der Waals surface area contributed by atoms with Gasteiger partial charge in [-0.25, -0.2) is 0 Å². The lowest BCUT2D eigenvalue weighted by molar-refractivity contribution is -0.139. The van der Waals surface area contributed by atoms with Crippen molar-refractivity contribution in [1.29, 1.82) is 5.26 Å². The molecule has 0 spiro atoms. The SMILES string of the molecule is N#CC(C(=O)[C@@H]1CC[C@@H]2C[C@@H]21)C(=O)N1CCCC1. The maximum absolute atomic E-state index is 12.3. The lowest BCUT2D eigenvalue weighted by Gasteiger charge is -2.20. The number of rotatable bonds is 3. The van der Waals surface area contributed by atoms with Gasteiger partial charge in [0.1, 0.15) is 0 Å². The summed E-state index contributed by atoms with van der Waals surface area (Å²) in [5.74, 6) is -0.193. The highest BCUT2D eigenvalue weighted by atomic mass is 16.2. The van der Waals surface area contributed by atoms with Gasteiger partial charge in [0.25, 0.3) is 0 Å². The quantitative estimate of drug-likeness (QED) is 0.706. The molecule has 1 heterocycles. The number of nitriles is 1. The van der Waals surface area contributed by atoms with Gasteiger partial charge in [-0.1, -0.05) is 0 Å². The molecule has 0 aromatic carbocycles. The predicted octanol–water partition coefficient (Wildman–Crippen LogP) is 1.36. The van der Waals surface area contributed by atoms with Gasteiger partial charge in [-0.15, -0.1) is 0 Å². The summed E-state index contributed by atoms with van der Waals surface area (Å²) < 4.78 is 0. The second-order valence-corrected chi connectivity index (χ2v) is 5.84. The molecule has 3 fully saturated rings. The van der Waals surface area contributed by atoms with Crippen LogP contribution in [0.2, 0.25) is 0 Å². The molecule has 18 heavy (non-hydrogen) atoms. The summed E-state index contributed by atoms with van der Waals surface area (Å²) >= 11 is 0. The summed E-state index contributed by atoms with van der Waals surface area (Å²) in [6.45, 7) is 1.42. The molecule has 96 valence electrons. The average molecular weight is 246 g/mol. The molecule has 0 radical (unpaired) electrons. The molecule has 4 atom stereocenters. The Hall–Kier alpha value is -1.37. The Morgan fingerprint density at radius 2 is 1.94 bits per heavy atom. The third-order valence-corrected chi connectivity index (χ3v) is 4.79. The van der Waals surface area contributed by atoms with Crippen molar-refractivity contribution in [2.75, 3.05) is 13.1 Å². The van der Waals surface area contributed by atoms with Crippen LogP contribution in [0.25, 0.3) is 0 Å². The number of carbonyl (C=O) groups excluding carboxylic acids is 2. The maximum atomic E-state index is 12.3. The van der Waals surface area contributed by atoms with E-state index in [9.17, 15) is 9.59 Å². The molecule has 2 saturated carbocycles. The molecule has 1 saturated heterocycles. The standard InChI is InChI=1S/C14H18N2O2/c15-8-12(14(18)16-5-1-2-6-16)13(17)10-4-3-9-7-11(9)10/h9-12H,1-7H2/t9-,10-,11+,12?/m1/s1. The van der Waals surface area contributed by atoms with Crippen LogP contribution in [0.1, 0.15) is 32.1 Å². The monoisotopic (exact) mass is 246 g/mol. The first-order valence-corrected chi connectivity index (χ1v) is 6.94. The molecule has 3 rings (SSSR count). The summed E-state index contributed by atoms with van der Waals surface area (Å²) in [5.41, 5.74) is 0. The highest BCUT2D eigenvalue weighted by molar-refractivity contribution is 6.05. The number of Topliss-reactive ketones (excluding diaryl/α,β-unsaturated/α-hetero) is 1. The van der Waals surface area contributed by atoms with Crippen molar-refractivity contribution in [2.45, 2.75) is 32.1 Å². The zero-order valence-corrected chi connectivity index (χ0v) is 10.5. The number of amides is 1. The fourth-order valence-electron chi connectivity index (χ4n) is 3.63. The lowest BCUT2D eigenvalue weighted by atomic mass is 9.89. The summed E-state index contributed by atoms with van der Waals surface area (Å²) in [6.07, 6.45) is 5.11. The van der Waals surface area contributed by atoms with Crippen LogP contribution in [0.4, 0.5) is 0 Å². The molecule has 0 bridgehead atoms. The second kappa shape index (κ2) is 4.38. The van der Waals surface area contributed by atoms with Gasteiger partial charge in [0.15, 0.2) is 11.7 Å². The van der Waals surface area contributed by atoms with Crippen LogP contribution in [-0.4, -0.2) is 29.7 Å². The Kier molecular flexibility index (Phi) is 2.85. The van der Waals surface area contributed by atoms with Crippen LogP contribution in [0.3, 0.4) is 0 Å². The fraction of sp³-hybridized carbons (Fsp3) is 0.786. The molecule has 1 amide bonds. The van der Waals surface area contributed by atoms with Crippen LogP contribution in [0.15, 0.2) is 0 Å². The highest BCUT2D eigenvalue weighted by Crippen LogP contribution is 2.56. The van der Waals surface area contributed by atoms with Crippen LogP contribution in [0.5, 0.6) is 0 Å². The van der Waals surface area contributed by atoms with Crippen molar-refractivity contribution in [3.05, 3.63) is 0 Å². The van der Waals surface area contributed by atoms with E-state index in [1.165, 1.54) is 0 Å². The van der Waals surface area contributed by atoms with E-state index in [-0.39, 0.29) is 17.6 Å². The largest absolute Gasteiger partial charge is 0.341 e. The van der Waals surface area contributed by atoms with Gasteiger partial charge >= 0.3 is 0 Å². The Balaban J connectivity index is 1.69. The molecular weight excluding hydrogens is 228 g/mol. The number of hydrogen-bond donors (Lipinski definition) is 0. The normalized spacial score (nSPS) is 34.8. The molecule has 1 unspecified atom stereocenters. The Morgan fingerprint density at radius 3 is 2.44 bits per heavy atom. The first-order chi connectivity index (χ1) is 8.72. The second-order valence-electron chi connectivity index (χ2n) is 5.84. The van der Waals surface area contributed by atoms with E-state index < -0.39 is 5.92 Å². The molecular formula is C14H18N2O2. The van der Waals surface area contributed by atoms with E-state index in [0.29, 0.717) is 24.9 Å². The minimum absolute atomic E-state index is 0.00815. The molecule has 3 aliphatic rings. The maximum Gasteiger partial charge on any atom is 0.247 e. The minimum Gasteiger partial charge on any atom is -0.341 e. The highest BCUT2D eigenvalue weighted by Gasteiger charge is 2.52. The molecule has 4 nitrogen and oxygen atoms in total. The number of hydrogen-bond acceptors (Lipinski definition) is 3. The van der Waals surface area contributed by atoms with Gasteiger partial charge in [0, 0.05) is 19.0 Å². The van der Waals surface area contributed by atoms with Crippen molar-refractivity contribution < 1.29 is 9.59 Å². The van der Waals surface area contributed by atoms with Gasteiger partial charge in [0.05, 0.1) is 6.07 Å². The topological polar surface area (TPSA) is 61.2 Å². The smallest absolute Gasteiger partial charge is 0.247 e. The lowest BCUT2D eigenvalue weighted by Crippen LogP contribution is -2.39. The molecule has 2 aliphatic carbocycles. The van der Waals surface area contributed by atoms with Gasteiger partial charge in [-0.05, 0) is 43.9 Å². The molecule has 4 heteroatoms. The zero-order chi connectivity index (χ0) is 12.7. The minimum atomic E-state index is -1.03. The van der Waals surface area contributed by atoms with E-state index >= 15 is 0 Å². The summed E-state index contributed by atoms with van der Waals surface area (Å²) in [7, 11) is 0. The Morgan fingerprint density at radius 1 is 1.22 bits per heavy atom. The Bertz CT molecular complexity index is 420. The van der Waals surface area contributed by atoms with Gasteiger partial charge < -0.3 is 4.90 Å². The Labute approximate surface area is 107 Å². The molecule has 0 aromatic rings. The van der Waals surface area contributed by atoms with E-state index in [2.05, 4.69) is 0 Å². The number of fused-ring (bicyclic) bond motifs is 1. The van der Waals surface area contributed by atoms with Gasteiger partial charge in [-0.2, -0.15) is 5.26 Å². The van der Waals surface area contributed by atoms with Crippen molar-refractivity contribution in [3.63, 3.8) is 0 Å². The van der Waals surface area contributed by atoms with Crippen molar-refractivity contribution in [1.82, 2.24) is 4.90 Å². The summed E-state index contributed by atoms with van der Waals surface area (Å²) in [4.78, 5) is 26.2. The van der Waals surface area contributed by atoms with E-state index in [4.69, 9.17) is 5.26 Å². The number of nitrogens with zero attached hydrogens (tertiary/aromatic N) is 2. The first-order valence-electron chi connectivity index (χ1n) is 6.94. The molecule has 0 N–H and O–H groups in total. The summed E-state index contributed by atoms with van der Waals surface area (Å²) in [6, 6.07) is 1.95. The van der Waals surface area contributed by atoms with Crippen LogP contribution < -0.4 is 0 Å². The van der Waals surface area contributed by atoms with Crippen LogP contribution in [-0.2, 0) is 9.59 Å². The van der Waals surface area contributed by atoms with Crippen molar-refractivity contribution in [2.24, 2.45) is 23.7 Å². The van der Waals surface area contributed by atoms with Gasteiger partial charge in [0.2, 0.25) is 5.91 Å².